The number of aromatic nitrogens is 2. The van der Waals surface area contributed by atoms with Crippen molar-refractivity contribution in [3.8, 4) is 11.3 Å². The molecule has 3 aromatic rings. The number of nitrogens with zero attached hydrogens (tertiary/aromatic N) is 4. The van der Waals surface area contributed by atoms with E-state index in [2.05, 4.69) is 20.2 Å². The number of nitrogens with one attached hydrogen (secondary N) is 1. The normalized spacial score (nSPS) is 17.9. The predicted molar refractivity (Wildman–Crippen MR) is 138 cm³/mol. The molecule has 2 N–H and O–H groups in total. The first-order valence-corrected chi connectivity index (χ1v) is 12.6. The molecule has 0 saturated carbocycles. The van der Waals surface area contributed by atoms with Crippen LogP contribution in [0.15, 0.2) is 60.8 Å². The lowest BCUT2D eigenvalue weighted by molar-refractivity contribution is 0.0357. The largest absolute Gasteiger partial charge is 0.393 e. The highest BCUT2D eigenvalue weighted by Crippen LogP contribution is 2.24. The lowest BCUT2D eigenvalue weighted by Gasteiger charge is -2.41. The minimum atomic E-state index is -0.149. The molecule has 2 aromatic carbocycles. The Morgan fingerprint density at radius 3 is 2.29 bits per heavy atom. The summed E-state index contributed by atoms with van der Waals surface area (Å²) in [5.74, 6) is 0.564. The highest BCUT2D eigenvalue weighted by atomic mass is 35.5. The van der Waals surface area contributed by atoms with E-state index in [1.54, 1.807) is 6.20 Å². The minimum Gasteiger partial charge on any atom is -0.393 e. The predicted octanol–water partition coefficient (Wildman–Crippen LogP) is 4.60. The number of aliphatic hydroxyl groups excluding tert-OH is 1. The van der Waals surface area contributed by atoms with Crippen LogP contribution in [0, 0.1) is 0 Å². The van der Waals surface area contributed by atoms with Crippen LogP contribution in [0.1, 0.15) is 36.0 Å². The maximum atomic E-state index is 13.0. The lowest BCUT2D eigenvalue weighted by atomic mass is 9.98. The van der Waals surface area contributed by atoms with Crippen LogP contribution < -0.4 is 5.32 Å². The monoisotopic (exact) mass is 491 g/mol. The third-order valence-corrected chi connectivity index (χ3v) is 7.20. The van der Waals surface area contributed by atoms with E-state index in [-0.39, 0.29) is 12.0 Å². The van der Waals surface area contributed by atoms with E-state index in [0.717, 1.165) is 68.8 Å². The Bertz CT molecular complexity index is 1140. The molecule has 0 unspecified atom stereocenters. The van der Waals surface area contributed by atoms with Crippen LogP contribution >= 0.6 is 11.6 Å². The van der Waals surface area contributed by atoms with Gasteiger partial charge >= 0.3 is 0 Å². The standard InChI is InChI=1S/C27H30ClN5O2/c28-21-5-1-19(2-6-21)25-9-14-29-27(31-25)30-22-7-3-20(4-8-22)26(35)33-15-10-23(11-16-33)32-17-12-24(34)13-18-32/h1-9,14,23-24,34H,10-13,15-18H2,(H,29,30,31). The molecule has 0 spiro atoms. The van der Waals surface area contributed by atoms with Crippen LogP contribution in [0.2, 0.25) is 5.02 Å². The number of hydrogen-bond donors (Lipinski definition) is 2. The van der Waals surface area contributed by atoms with Gasteiger partial charge in [0.1, 0.15) is 0 Å². The quantitative estimate of drug-likeness (QED) is 0.542. The molecule has 182 valence electrons. The summed E-state index contributed by atoms with van der Waals surface area (Å²) < 4.78 is 0. The molecule has 1 aromatic heterocycles. The van der Waals surface area contributed by atoms with Crippen LogP contribution in [0.25, 0.3) is 11.3 Å². The molecule has 8 heteroatoms. The first-order chi connectivity index (χ1) is 17.0. The molecule has 2 fully saturated rings. The average molecular weight is 492 g/mol. The number of carbonyl (C=O) groups is 1. The number of halogens is 1. The molecular formula is C27H30ClN5O2. The smallest absolute Gasteiger partial charge is 0.253 e. The molecule has 0 bridgehead atoms. The summed E-state index contributed by atoms with van der Waals surface area (Å²) in [5, 5.41) is 13.6. The molecule has 2 aliphatic heterocycles. The van der Waals surface area contributed by atoms with Crippen molar-refractivity contribution in [3.63, 3.8) is 0 Å². The van der Waals surface area contributed by atoms with Crippen molar-refractivity contribution in [2.45, 2.75) is 37.8 Å². The second kappa shape index (κ2) is 10.7. The van der Waals surface area contributed by atoms with Gasteiger partial charge in [0.2, 0.25) is 5.95 Å². The zero-order valence-electron chi connectivity index (χ0n) is 19.6. The first kappa shape index (κ1) is 23.7. The summed E-state index contributed by atoms with van der Waals surface area (Å²) in [6.07, 6.45) is 5.26. The molecule has 2 saturated heterocycles. The van der Waals surface area contributed by atoms with Crippen molar-refractivity contribution in [2.75, 3.05) is 31.5 Å². The Kier molecular flexibility index (Phi) is 7.27. The highest BCUT2D eigenvalue weighted by molar-refractivity contribution is 6.30. The van der Waals surface area contributed by atoms with Gasteiger partial charge in [0.25, 0.3) is 5.91 Å². The number of hydrogen-bond acceptors (Lipinski definition) is 6. The fourth-order valence-corrected chi connectivity index (χ4v) is 5.02. The summed E-state index contributed by atoms with van der Waals surface area (Å²) in [5.41, 5.74) is 3.27. The van der Waals surface area contributed by atoms with Gasteiger partial charge in [0.05, 0.1) is 11.8 Å². The van der Waals surface area contributed by atoms with Crippen molar-refractivity contribution in [1.29, 1.82) is 0 Å². The van der Waals surface area contributed by atoms with Gasteiger partial charge in [-0.2, -0.15) is 0 Å². The molecule has 1 amide bonds. The topological polar surface area (TPSA) is 81.6 Å². The number of carbonyl (C=O) groups excluding carboxylic acids is 1. The number of benzene rings is 2. The van der Waals surface area contributed by atoms with E-state index < -0.39 is 0 Å². The number of likely N-dealkylation sites (tertiary alicyclic amines) is 2. The maximum Gasteiger partial charge on any atom is 0.253 e. The van der Waals surface area contributed by atoms with Crippen LogP contribution in [-0.2, 0) is 0 Å². The summed E-state index contributed by atoms with van der Waals surface area (Å²) in [4.78, 5) is 26.4. The molecule has 7 nitrogen and oxygen atoms in total. The Labute approximate surface area is 210 Å². The van der Waals surface area contributed by atoms with Crippen LogP contribution in [-0.4, -0.2) is 69.1 Å². The van der Waals surface area contributed by atoms with Gasteiger partial charge in [-0.15, -0.1) is 0 Å². The third kappa shape index (κ3) is 5.81. The number of anilines is 2. The van der Waals surface area contributed by atoms with E-state index in [0.29, 0.717) is 22.6 Å². The van der Waals surface area contributed by atoms with Gasteiger partial charge in [-0.1, -0.05) is 23.7 Å². The maximum absolute atomic E-state index is 13.0. The molecule has 0 atom stereocenters. The summed E-state index contributed by atoms with van der Waals surface area (Å²) in [7, 11) is 0. The van der Waals surface area contributed by atoms with Crippen molar-refractivity contribution < 1.29 is 9.90 Å². The lowest BCUT2D eigenvalue weighted by Crippen LogP contribution is -2.49. The van der Waals surface area contributed by atoms with Crippen molar-refractivity contribution in [2.24, 2.45) is 0 Å². The molecule has 35 heavy (non-hydrogen) atoms. The molecule has 3 heterocycles. The molecule has 2 aliphatic rings. The zero-order chi connectivity index (χ0) is 24.2. The number of aliphatic hydroxyl groups is 1. The van der Waals surface area contributed by atoms with Gasteiger partial charge in [0.15, 0.2) is 0 Å². The summed E-state index contributed by atoms with van der Waals surface area (Å²) in [6.45, 7) is 3.46. The Morgan fingerprint density at radius 2 is 1.60 bits per heavy atom. The van der Waals surface area contributed by atoms with Gasteiger partial charge in [-0.25, -0.2) is 9.97 Å². The zero-order valence-corrected chi connectivity index (χ0v) is 20.4. The Hall–Kier alpha value is -3.00. The number of amides is 1. The number of piperidine rings is 2. The summed E-state index contributed by atoms with van der Waals surface area (Å²) in [6, 6.07) is 17.4. The third-order valence-electron chi connectivity index (χ3n) is 6.95. The van der Waals surface area contributed by atoms with Crippen LogP contribution in [0.5, 0.6) is 0 Å². The van der Waals surface area contributed by atoms with Crippen molar-refractivity contribution in [3.05, 3.63) is 71.4 Å². The fraction of sp³-hybridized carbons (Fsp3) is 0.370. The van der Waals surface area contributed by atoms with Crippen LogP contribution in [0.3, 0.4) is 0 Å². The fourth-order valence-electron chi connectivity index (χ4n) is 4.89. The Balaban J connectivity index is 1.17. The second-order valence-electron chi connectivity index (χ2n) is 9.27. The van der Waals surface area contributed by atoms with Crippen LogP contribution in [0.4, 0.5) is 11.6 Å². The van der Waals surface area contributed by atoms with Gasteiger partial charge in [-0.05, 0) is 68.1 Å². The van der Waals surface area contributed by atoms with E-state index >= 15 is 0 Å². The molecule has 5 rings (SSSR count). The Morgan fingerprint density at radius 1 is 0.914 bits per heavy atom. The van der Waals surface area contributed by atoms with Crippen molar-refractivity contribution >= 4 is 29.1 Å². The SMILES string of the molecule is O=C(c1ccc(Nc2nccc(-c3ccc(Cl)cc3)n2)cc1)N1CCC(N2CCC(O)CC2)CC1. The summed E-state index contributed by atoms with van der Waals surface area (Å²) >= 11 is 5.98. The molecule has 0 radical (unpaired) electrons. The van der Waals surface area contributed by atoms with Crippen molar-refractivity contribution in [1.82, 2.24) is 19.8 Å². The van der Waals surface area contributed by atoms with E-state index in [1.807, 2.05) is 59.5 Å². The van der Waals surface area contributed by atoms with E-state index in [9.17, 15) is 9.90 Å². The second-order valence-corrected chi connectivity index (χ2v) is 9.70. The van der Waals surface area contributed by atoms with Gasteiger partial charge in [0, 0.05) is 60.3 Å². The highest BCUT2D eigenvalue weighted by Gasteiger charge is 2.29. The molecule has 0 aliphatic carbocycles. The van der Waals surface area contributed by atoms with E-state index in [4.69, 9.17) is 11.6 Å². The van der Waals surface area contributed by atoms with Gasteiger partial charge in [-0.3, -0.25) is 4.79 Å². The minimum absolute atomic E-state index is 0.0741. The van der Waals surface area contributed by atoms with E-state index in [1.165, 1.54) is 0 Å². The van der Waals surface area contributed by atoms with Gasteiger partial charge < -0.3 is 20.2 Å². The number of rotatable bonds is 5. The first-order valence-electron chi connectivity index (χ1n) is 12.2. The average Bonchev–Trinajstić information content (AvgIpc) is 2.90. The molecular weight excluding hydrogens is 462 g/mol.